The number of sulfone groups is 1. The maximum absolute atomic E-state index is 13.4. The van der Waals surface area contributed by atoms with Crippen molar-refractivity contribution in [3.05, 3.63) is 46.1 Å². The number of aliphatic hydroxyl groups is 1. The van der Waals surface area contributed by atoms with E-state index in [2.05, 4.69) is 24.6 Å². The molecule has 0 fully saturated rings. The van der Waals surface area contributed by atoms with Crippen LogP contribution < -0.4 is 0 Å². The highest BCUT2D eigenvalue weighted by Gasteiger charge is 2.27. The molecule has 0 aliphatic heterocycles. The molecule has 1 atom stereocenters. The second-order valence-electron chi connectivity index (χ2n) is 7.98. The van der Waals surface area contributed by atoms with E-state index in [0.29, 0.717) is 12.2 Å². The van der Waals surface area contributed by atoms with Crippen molar-refractivity contribution in [3.63, 3.8) is 0 Å². The van der Waals surface area contributed by atoms with Crippen molar-refractivity contribution in [2.24, 2.45) is 0 Å². The van der Waals surface area contributed by atoms with Crippen LogP contribution in [0, 0.1) is 12.7 Å². The minimum Gasteiger partial charge on any atom is -0.380 e. The number of aryl methyl sites for hydroxylation is 1. The first kappa shape index (κ1) is 23.0. The highest BCUT2D eigenvalue weighted by Crippen LogP contribution is 2.29. The fourth-order valence-electron chi connectivity index (χ4n) is 2.75. The van der Waals surface area contributed by atoms with Gasteiger partial charge in [-0.15, -0.1) is 0 Å². The number of hydrogen-bond acceptors (Lipinski definition) is 5. The lowest BCUT2D eigenvalue weighted by molar-refractivity contribution is 0.0727. The van der Waals surface area contributed by atoms with E-state index in [-0.39, 0.29) is 28.3 Å². The van der Waals surface area contributed by atoms with Crippen molar-refractivity contribution in [3.8, 4) is 0 Å². The van der Waals surface area contributed by atoms with Gasteiger partial charge in [-0.2, -0.15) is 0 Å². The number of nitrogens with zero attached hydrogens (tertiary/aromatic N) is 2. The SMILES string of the molecule is Cc1nc(C(O)c2ccc(F)c(Cl)c2)n(COCC[Si](C)(C)C)c1S(C)(=O)=O. The molecule has 1 unspecified atom stereocenters. The lowest BCUT2D eigenvalue weighted by atomic mass is 10.1. The fraction of sp³-hybridized carbons (Fsp3) is 0.500. The second kappa shape index (κ2) is 8.62. The van der Waals surface area contributed by atoms with Crippen LogP contribution in [-0.2, 0) is 21.3 Å². The summed E-state index contributed by atoms with van der Waals surface area (Å²) in [7, 11) is -4.92. The Morgan fingerprint density at radius 2 is 2.00 bits per heavy atom. The molecule has 10 heteroatoms. The predicted molar refractivity (Wildman–Crippen MR) is 110 cm³/mol. The average Bonchev–Trinajstić information content (AvgIpc) is 2.89. The molecule has 0 bridgehead atoms. The lowest BCUT2D eigenvalue weighted by Crippen LogP contribution is -2.23. The Balaban J connectivity index is 2.41. The quantitative estimate of drug-likeness (QED) is 0.491. The summed E-state index contributed by atoms with van der Waals surface area (Å²) >= 11 is 5.81. The van der Waals surface area contributed by atoms with Gasteiger partial charge in [0.25, 0.3) is 0 Å². The maximum atomic E-state index is 13.4. The number of halogens is 2. The van der Waals surface area contributed by atoms with E-state index in [0.717, 1.165) is 18.4 Å². The molecule has 1 N–H and O–H groups in total. The summed E-state index contributed by atoms with van der Waals surface area (Å²) in [5.74, 6) is -0.503. The Labute approximate surface area is 171 Å². The van der Waals surface area contributed by atoms with E-state index in [1.807, 2.05) is 0 Å². The molecule has 28 heavy (non-hydrogen) atoms. The molecular weight excluding hydrogens is 423 g/mol. The Hall–Kier alpha value is -1.26. The van der Waals surface area contributed by atoms with Crippen LogP contribution in [0.25, 0.3) is 0 Å². The molecule has 2 aromatic rings. The van der Waals surface area contributed by atoms with Gasteiger partial charge in [-0.3, -0.25) is 4.57 Å². The van der Waals surface area contributed by atoms with E-state index in [1.54, 1.807) is 6.92 Å². The van der Waals surface area contributed by atoms with Gasteiger partial charge in [0.15, 0.2) is 14.9 Å². The van der Waals surface area contributed by atoms with E-state index < -0.39 is 29.8 Å². The van der Waals surface area contributed by atoms with Crippen molar-refractivity contribution >= 4 is 29.5 Å². The fourth-order valence-corrected chi connectivity index (χ4v) is 4.82. The smallest absolute Gasteiger partial charge is 0.192 e. The molecule has 1 heterocycles. The largest absolute Gasteiger partial charge is 0.380 e. The maximum Gasteiger partial charge on any atom is 0.192 e. The molecule has 6 nitrogen and oxygen atoms in total. The van der Waals surface area contributed by atoms with Gasteiger partial charge < -0.3 is 9.84 Å². The van der Waals surface area contributed by atoms with Gasteiger partial charge in [-0.05, 0) is 30.7 Å². The van der Waals surface area contributed by atoms with E-state index in [4.69, 9.17) is 16.3 Å². The van der Waals surface area contributed by atoms with Crippen LogP contribution in [0.15, 0.2) is 23.2 Å². The highest BCUT2D eigenvalue weighted by molar-refractivity contribution is 7.90. The molecule has 0 saturated heterocycles. The van der Waals surface area contributed by atoms with Crippen molar-refractivity contribution in [1.29, 1.82) is 0 Å². The van der Waals surface area contributed by atoms with Crippen LogP contribution >= 0.6 is 11.6 Å². The van der Waals surface area contributed by atoms with Crippen LogP contribution in [0.5, 0.6) is 0 Å². The summed E-state index contributed by atoms with van der Waals surface area (Å²) < 4.78 is 45.1. The second-order valence-corrected chi connectivity index (χ2v) is 15.9. The summed E-state index contributed by atoms with van der Waals surface area (Å²) in [6.45, 7) is 8.62. The number of aromatic nitrogens is 2. The number of aliphatic hydroxyl groups excluding tert-OH is 1. The molecule has 0 radical (unpaired) electrons. The van der Waals surface area contributed by atoms with Gasteiger partial charge in [0.1, 0.15) is 24.5 Å². The van der Waals surface area contributed by atoms with Crippen LogP contribution in [0.4, 0.5) is 4.39 Å². The van der Waals surface area contributed by atoms with Crippen LogP contribution in [0.3, 0.4) is 0 Å². The number of hydrogen-bond donors (Lipinski definition) is 1. The molecule has 0 aliphatic rings. The van der Waals surface area contributed by atoms with Gasteiger partial charge >= 0.3 is 0 Å². The highest BCUT2D eigenvalue weighted by atomic mass is 35.5. The normalized spacial score (nSPS) is 13.7. The van der Waals surface area contributed by atoms with Crippen LogP contribution in [0.2, 0.25) is 30.7 Å². The van der Waals surface area contributed by atoms with Crippen molar-refractivity contribution in [1.82, 2.24) is 9.55 Å². The van der Waals surface area contributed by atoms with Crippen molar-refractivity contribution in [2.75, 3.05) is 12.9 Å². The Morgan fingerprint density at radius 1 is 1.36 bits per heavy atom. The minimum atomic E-state index is -3.61. The number of ether oxygens (including phenoxy) is 1. The van der Waals surface area contributed by atoms with Crippen molar-refractivity contribution in [2.45, 2.75) is 50.5 Å². The zero-order valence-electron chi connectivity index (χ0n) is 16.7. The molecule has 0 aliphatic carbocycles. The number of imidazole rings is 1. The third kappa shape index (κ3) is 5.63. The average molecular weight is 449 g/mol. The van der Waals surface area contributed by atoms with E-state index >= 15 is 0 Å². The molecule has 1 aromatic carbocycles. The van der Waals surface area contributed by atoms with Gasteiger partial charge in [0, 0.05) is 20.9 Å². The third-order valence-corrected chi connectivity index (χ3v) is 7.40. The Kier molecular flexibility index (Phi) is 7.09. The molecule has 2 rings (SSSR count). The molecule has 0 spiro atoms. The minimum absolute atomic E-state index is 0.0113. The van der Waals surface area contributed by atoms with E-state index in [9.17, 15) is 17.9 Å². The topological polar surface area (TPSA) is 81.4 Å². The number of rotatable bonds is 8. The van der Waals surface area contributed by atoms with Gasteiger partial charge in [-0.1, -0.05) is 37.3 Å². The molecular formula is C18H26ClFN2O4SSi. The number of benzene rings is 1. The third-order valence-electron chi connectivity index (χ3n) is 4.19. The van der Waals surface area contributed by atoms with Crippen molar-refractivity contribution < 1.29 is 22.7 Å². The first-order chi connectivity index (χ1) is 12.8. The molecule has 1 aromatic heterocycles. The zero-order valence-corrected chi connectivity index (χ0v) is 19.2. The molecule has 0 amide bonds. The summed E-state index contributed by atoms with van der Waals surface area (Å²) in [4.78, 5) is 4.26. The lowest BCUT2D eigenvalue weighted by Gasteiger charge is -2.18. The zero-order chi connectivity index (χ0) is 21.3. The first-order valence-electron chi connectivity index (χ1n) is 8.79. The standard InChI is InChI=1S/C18H26ClFN2O4SSi/c1-12-18(27(2,24)25)22(11-26-8-9-28(3,4)5)17(21-12)16(23)13-6-7-15(20)14(19)10-13/h6-7,10,16,23H,8-9,11H2,1-5H3. The first-order valence-corrected chi connectivity index (χ1v) is 14.8. The monoisotopic (exact) mass is 448 g/mol. The van der Waals surface area contributed by atoms with Crippen LogP contribution in [0.1, 0.15) is 23.2 Å². The van der Waals surface area contributed by atoms with Crippen LogP contribution in [-0.4, -0.2) is 44.0 Å². The summed E-state index contributed by atoms with van der Waals surface area (Å²) in [6, 6.07) is 4.73. The summed E-state index contributed by atoms with van der Waals surface area (Å²) in [6.07, 6.45) is -0.201. The summed E-state index contributed by atoms with van der Waals surface area (Å²) in [5, 5.41) is 10.6. The van der Waals surface area contributed by atoms with Gasteiger partial charge in [0.05, 0.1) is 10.7 Å². The Morgan fingerprint density at radius 3 is 2.54 bits per heavy atom. The summed E-state index contributed by atoms with van der Waals surface area (Å²) in [5.41, 5.74) is 0.568. The molecule has 0 saturated carbocycles. The van der Waals surface area contributed by atoms with Gasteiger partial charge in [-0.25, -0.2) is 17.8 Å². The van der Waals surface area contributed by atoms with E-state index in [1.165, 1.54) is 16.7 Å². The van der Waals surface area contributed by atoms with Gasteiger partial charge in [0.2, 0.25) is 0 Å². The Bertz CT molecular complexity index is 957. The predicted octanol–water partition coefficient (Wildman–Crippen LogP) is 3.78. The molecule has 156 valence electrons.